The van der Waals surface area contributed by atoms with Crippen LogP contribution >= 0.6 is 15.9 Å². The topological polar surface area (TPSA) is 53.2 Å². The van der Waals surface area contributed by atoms with Crippen molar-refractivity contribution in [1.82, 2.24) is 20.2 Å². The minimum atomic E-state index is 0.115. The minimum Gasteiger partial charge on any atom is -0.379 e. The summed E-state index contributed by atoms with van der Waals surface area (Å²) in [6.07, 6.45) is 1.89. The molecule has 1 aliphatic heterocycles. The van der Waals surface area contributed by atoms with Crippen LogP contribution in [0.3, 0.4) is 0 Å². The largest absolute Gasteiger partial charge is 0.379 e. The number of ether oxygens (including phenoxy) is 1. The third-order valence-electron chi connectivity index (χ3n) is 4.48. The molecular formula is C18H25BrN4O. The van der Waals surface area contributed by atoms with Gasteiger partial charge in [0.25, 0.3) is 0 Å². The monoisotopic (exact) mass is 392 g/mol. The lowest BCUT2D eigenvalue weighted by Crippen LogP contribution is -2.54. The number of morpholine rings is 1. The number of nitrogens with zero attached hydrogens (tertiary/aromatic N) is 2. The molecule has 3 rings (SSSR count). The van der Waals surface area contributed by atoms with Crippen molar-refractivity contribution in [2.45, 2.75) is 25.9 Å². The lowest BCUT2D eigenvalue weighted by molar-refractivity contribution is -0.00970. The standard InChI is InChI=1S/C18H25BrN4O/c1-18(2,23-6-8-24-9-7-23)13-20-12-17-21-11-16(22-17)14-4-3-5-15(19)10-14/h3-5,10-11,20H,6-9,12-13H2,1-2H3,(H,21,22). The van der Waals surface area contributed by atoms with Crippen LogP contribution in [0.5, 0.6) is 0 Å². The van der Waals surface area contributed by atoms with Crippen LogP contribution < -0.4 is 5.32 Å². The summed E-state index contributed by atoms with van der Waals surface area (Å²) in [5.74, 6) is 0.961. The number of H-pyrrole nitrogens is 1. The van der Waals surface area contributed by atoms with Gasteiger partial charge in [-0.2, -0.15) is 0 Å². The molecular weight excluding hydrogens is 368 g/mol. The number of hydrogen-bond donors (Lipinski definition) is 2. The molecule has 6 heteroatoms. The molecule has 1 aliphatic rings. The molecule has 1 aromatic carbocycles. The van der Waals surface area contributed by atoms with Crippen LogP contribution in [0.2, 0.25) is 0 Å². The van der Waals surface area contributed by atoms with Gasteiger partial charge in [-0.05, 0) is 26.0 Å². The molecule has 1 aromatic heterocycles. The van der Waals surface area contributed by atoms with Crippen LogP contribution in [-0.4, -0.2) is 53.3 Å². The van der Waals surface area contributed by atoms with E-state index in [0.29, 0.717) is 0 Å². The summed E-state index contributed by atoms with van der Waals surface area (Å²) in [7, 11) is 0. The zero-order valence-corrected chi connectivity index (χ0v) is 15.9. The van der Waals surface area contributed by atoms with E-state index in [1.807, 2.05) is 18.3 Å². The molecule has 24 heavy (non-hydrogen) atoms. The second-order valence-corrected chi connectivity index (χ2v) is 7.68. The Morgan fingerprint density at radius 2 is 2.12 bits per heavy atom. The second-order valence-electron chi connectivity index (χ2n) is 6.77. The molecule has 2 heterocycles. The van der Waals surface area contributed by atoms with Gasteiger partial charge in [-0.15, -0.1) is 0 Å². The molecule has 1 fully saturated rings. The first-order chi connectivity index (χ1) is 11.5. The molecule has 1 saturated heterocycles. The molecule has 0 radical (unpaired) electrons. The molecule has 0 saturated carbocycles. The maximum atomic E-state index is 5.44. The average Bonchev–Trinajstić information content (AvgIpc) is 3.04. The maximum absolute atomic E-state index is 5.44. The van der Waals surface area contributed by atoms with Crippen molar-refractivity contribution in [3.8, 4) is 11.3 Å². The van der Waals surface area contributed by atoms with E-state index < -0.39 is 0 Å². The van der Waals surface area contributed by atoms with Crippen molar-refractivity contribution < 1.29 is 4.74 Å². The summed E-state index contributed by atoms with van der Waals surface area (Å²) in [6.45, 7) is 9.88. The summed E-state index contributed by atoms with van der Waals surface area (Å²) in [4.78, 5) is 10.4. The van der Waals surface area contributed by atoms with E-state index in [1.165, 1.54) is 0 Å². The van der Waals surface area contributed by atoms with Gasteiger partial charge in [-0.3, -0.25) is 4.90 Å². The fourth-order valence-electron chi connectivity index (χ4n) is 3.02. The number of aromatic nitrogens is 2. The predicted octanol–water partition coefficient (Wildman–Crippen LogP) is 3.04. The third-order valence-corrected chi connectivity index (χ3v) is 4.97. The number of hydrogen-bond acceptors (Lipinski definition) is 4. The van der Waals surface area contributed by atoms with E-state index in [2.05, 4.69) is 62.1 Å². The number of imidazole rings is 1. The number of aromatic amines is 1. The van der Waals surface area contributed by atoms with Gasteiger partial charge in [0.05, 0.1) is 31.6 Å². The summed E-state index contributed by atoms with van der Waals surface area (Å²) in [5, 5.41) is 3.53. The van der Waals surface area contributed by atoms with E-state index in [0.717, 1.165) is 60.9 Å². The molecule has 0 unspecified atom stereocenters. The summed E-state index contributed by atoms with van der Waals surface area (Å²) >= 11 is 3.51. The van der Waals surface area contributed by atoms with Crippen molar-refractivity contribution in [2.24, 2.45) is 0 Å². The second kappa shape index (κ2) is 7.78. The average molecular weight is 393 g/mol. The highest BCUT2D eigenvalue weighted by atomic mass is 79.9. The van der Waals surface area contributed by atoms with E-state index >= 15 is 0 Å². The van der Waals surface area contributed by atoms with Crippen molar-refractivity contribution in [3.63, 3.8) is 0 Å². The fourth-order valence-corrected chi connectivity index (χ4v) is 3.42. The summed E-state index contributed by atoms with van der Waals surface area (Å²) in [5.41, 5.74) is 2.29. The molecule has 0 amide bonds. The SMILES string of the molecule is CC(C)(CNCc1ncc(-c2cccc(Br)c2)[nH]1)N1CCOCC1. The van der Waals surface area contributed by atoms with Crippen LogP contribution in [0.15, 0.2) is 34.9 Å². The van der Waals surface area contributed by atoms with E-state index in [9.17, 15) is 0 Å². The quantitative estimate of drug-likeness (QED) is 0.792. The number of halogens is 1. The Balaban J connectivity index is 1.54. The maximum Gasteiger partial charge on any atom is 0.120 e. The highest BCUT2D eigenvalue weighted by Crippen LogP contribution is 2.21. The number of benzene rings is 1. The van der Waals surface area contributed by atoms with Gasteiger partial charge in [-0.25, -0.2) is 4.98 Å². The van der Waals surface area contributed by atoms with Crippen molar-refractivity contribution in [1.29, 1.82) is 0 Å². The molecule has 2 N–H and O–H groups in total. The highest BCUT2D eigenvalue weighted by molar-refractivity contribution is 9.10. The summed E-state index contributed by atoms with van der Waals surface area (Å²) in [6, 6.07) is 8.22. The van der Waals surface area contributed by atoms with Gasteiger partial charge < -0.3 is 15.0 Å². The van der Waals surface area contributed by atoms with E-state index in [-0.39, 0.29) is 5.54 Å². The van der Waals surface area contributed by atoms with Crippen LogP contribution in [-0.2, 0) is 11.3 Å². The first-order valence-corrected chi connectivity index (χ1v) is 9.17. The predicted molar refractivity (Wildman–Crippen MR) is 99.9 cm³/mol. The molecule has 130 valence electrons. The normalized spacial score (nSPS) is 16.5. The van der Waals surface area contributed by atoms with Gasteiger partial charge in [0.2, 0.25) is 0 Å². The highest BCUT2D eigenvalue weighted by Gasteiger charge is 2.27. The van der Waals surface area contributed by atoms with E-state index in [4.69, 9.17) is 4.74 Å². The van der Waals surface area contributed by atoms with Gasteiger partial charge in [0.15, 0.2) is 0 Å². The lowest BCUT2D eigenvalue weighted by Gasteiger charge is -2.41. The molecule has 2 aromatic rings. The van der Waals surface area contributed by atoms with Crippen LogP contribution in [0.1, 0.15) is 19.7 Å². The molecule has 0 atom stereocenters. The zero-order valence-electron chi connectivity index (χ0n) is 14.3. The Hall–Kier alpha value is -1.21. The van der Waals surface area contributed by atoms with Crippen molar-refractivity contribution in [3.05, 3.63) is 40.8 Å². The van der Waals surface area contributed by atoms with Crippen LogP contribution in [0.4, 0.5) is 0 Å². The Morgan fingerprint density at radius 3 is 2.88 bits per heavy atom. The van der Waals surface area contributed by atoms with Gasteiger partial charge in [0, 0.05) is 35.2 Å². The molecule has 0 aliphatic carbocycles. The number of nitrogens with one attached hydrogen (secondary N) is 2. The molecule has 0 bridgehead atoms. The van der Waals surface area contributed by atoms with Crippen LogP contribution in [0, 0.1) is 0 Å². The van der Waals surface area contributed by atoms with Gasteiger partial charge in [-0.1, -0.05) is 28.1 Å². The molecule has 5 nitrogen and oxygen atoms in total. The van der Waals surface area contributed by atoms with Crippen LogP contribution in [0.25, 0.3) is 11.3 Å². The Morgan fingerprint density at radius 1 is 1.33 bits per heavy atom. The van der Waals surface area contributed by atoms with E-state index in [1.54, 1.807) is 0 Å². The van der Waals surface area contributed by atoms with Gasteiger partial charge in [0.1, 0.15) is 5.82 Å². The van der Waals surface area contributed by atoms with Gasteiger partial charge >= 0.3 is 0 Å². The third kappa shape index (κ3) is 4.45. The van der Waals surface area contributed by atoms with Crippen molar-refractivity contribution in [2.75, 3.05) is 32.8 Å². The first kappa shape index (κ1) is 17.6. The molecule has 0 spiro atoms. The Kier molecular flexibility index (Phi) is 5.71. The number of rotatable bonds is 6. The zero-order chi connectivity index (χ0) is 17.0. The smallest absolute Gasteiger partial charge is 0.120 e. The Labute approximate surface area is 151 Å². The Bertz CT molecular complexity index is 665. The summed E-state index contributed by atoms with van der Waals surface area (Å²) < 4.78 is 6.51. The van der Waals surface area contributed by atoms with Crippen molar-refractivity contribution >= 4 is 15.9 Å². The lowest BCUT2D eigenvalue weighted by atomic mass is 10.0. The first-order valence-electron chi connectivity index (χ1n) is 8.38. The fraction of sp³-hybridized carbons (Fsp3) is 0.500. The minimum absolute atomic E-state index is 0.115.